The molecule has 2 saturated heterocycles. The summed E-state index contributed by atoms with van der Waals surface area (Å²) >= 11 is 6.55. The van der Waals surface area contributed by atoms with Crippen molar-refractivity contribution in [3.05, 3.63) is 64.7 Å². The van der Waals surface area contributed by atoms with E-state index in [0.29, 0.717) is 36.2 Å². The van der Waals surface area contributed by atoms with Crippen molar-refractivity contribution in [3.8, 4) is 0 Å². The number of nitrogens with two attached hydrogens (primary N) is 1. The van der Waals surface area contributed by atoms with Crippen molar-refractivity contribution in [2.24, 2.45) is 11.7 Å². The molecule has 2 fully saturated rings. The van der Waals surface area contributed by atoms with Gasteiger partial charge in [0.25, 0.3) is 5.91 Å². The quantitative estimate of drug-likeness (QED) is 0.829. The molecule has 1 amide bonds. The maximum atomic E-state index is 13.1. The lowest BCUT2D eigenvalue weighted by molar-refractivity contribution is -0.0228. The van der Waals surface area contributed by atoms with Gasteiger partial charge in [0, 0.05) is 25.3 Å². The summed E-state index contributed by atoms with van der Waals surface area (Å²) in [7, 11) is 0. The fraction of sp³-hybridized carbons (Fsp3) is 0.435. The van der Waals surface area contributed by atoms with Crippen LogP contribution in [0.4, 0.5) is 5.69 Å². The zero-order valence-corrected chi connectivity index (χ0v) is 17.4. The van der Waals surface area contributed by atoms with Crippen LogP contribution < -0.4 is 10.6 Å². The first-order valence-electron chi connectivity index (χ1n) is 10.4. The van der Waals surface area contributed by atoms with Gasteiger partial charge >= 0.3 is 0 Å². The maximum absolute atomic E-state index is 13.1. The molecule has 2 aliphatic heterocycles. The Morgan fingerprint density at radius 2 is 1.86 bits per heavy atom. The minimum absolute atomic E-state index is 0.0346. The molecule has 6 heteroatoms. The second-order valence-electron chi connectivity index (χ2n) is 7.85. The number of ether oxygens (including phenoxy) is 1. The van der Waals surface area contributed by atoms with Gasteiger partial charge in [-0.1, -0.05) is 41.9 Å². The van der Waals surface area contributed by atoms with Gasteiger partial charge in [0.05, 0.1) is 23.7 Å². The lowest BCUT2D eigenvalue weighted by Crippen LogP contribution is -2.42. The number of benzene rings is 2. The molecule has 5 nitrogen and oxygen atoms in total. The van der Waals surface area contributed by atoms with Gasteiger partial charge in [0.15, 0.2) is 0 Å². The Balaban J connectivity index is 1.44. The van der Waals surface area contributed by atoms with Gasteiger partial charge in [-0.2, -0.15) is 0 Å². The smallest absolute Gasteiger partial charge is 0.255 e. The third-order valence-corrected chi connectivity index (χ3v) is 6.33. The third kappa shape index (κ3) is 4.58. The van der Waals surface area contributed by atoms with E-state index in [4.69, 9.17) is 22.1 Å². The highest BCUT2D eigenvalue weighted by Crippen LogP contribution is 2.29. The van der Waals surface area contributed by atoms with Crippen molar-refractivity contribution < 1.29 is 9.53 Å². The largest absolute Gasteiger partial charge is 0.371 e. The number of hydrogen-bond donors (Lipinski definition) is 1. The van der Waals surface area contributed by atoms with Crippen LogP contribution in [-0.4, -0.2) is 50.1 Å². The van der Waals surface area contributed by atoms with Crippen LogP contribution in [0.15, 0.2) is 48.5 Å². The summed E-state index contributed by atoms with van der Waals surface area (Å²) in [6.07, 6.45) is 2.10. The fourth-order valence-corrected chi connectivity index (χ4v) is 4.43. The van der Waals surface area contributed by atoms with Crippen molar-refractivity contribution >= 4 is 23.2 Å². The first kappa shape index (κ1) is 20.2. The van der Waals surface area contributed by atoms with Crippen molar-refractivity contribution in [2.75, 3.05) is 44.2 Å². The molecule has 2 heterocycles. The molecule has 0 saturated carbocycles. The van der Waals surface area contributed by atoms with Gasteiger partial charge in [0.2, 0.25) is 0 Å². The summed E-state index contributed by atoms with van der Waals surface area (Å²) in [5, 5.41) is 0.510. The predicted octanol–water partition coefficient (Wildman–Crippen LogP) is 3.73. The van der Waals surface area contributed by atoms with E-state index in [-0.39, 0.29) is 12.0 Å². The van der Waals surface area contributed by atoms with Gasteiger partial charge in [-0.25, -0.2) is 0 Å². The average Bonchev–Trinajstić information content (AvgIpc) is 2.79. The van der Waals surface area contributed by atoms with Gasteiger partial charge in [-0.3, -0.25) is 4.79 Å². The maximum Gasteiger partial charge on any atom is 0.255 e. The summed E-state index contributed by atoms with van der Waals surface area (Å²) in [5.74, 6) is 0.578. The Labute approximate surface area is 177 Å². The minimum Gasteiger partial charge on any atom is -0.371 e. The number of piperidine rings is 1. The lowest BCUT2D eigenvalue weighted by atomic mass is 9.96. The van der Waals surface area contributed by atoms with E-state index < -0.39 is 0 Å². The van der Waals surface area contributed by atoms with Crippen LogP contribution in [0.1, 0.15) is 34.9 Å². The van der Waals surface area contributed by atoms with Crippen LogP contribution in [0.3, 0.4) is 0 Å². The molecule has 1 atom stereocenters. The normalized spacial score (nSPS) is 20.7. The Morgan fingerprint density at radius 1 is 1.10 bits per heavy atom. The lowest BCUT2D eigenvalue weighted by Gasteiger charge is -2.34. The second kappa shape index (κ2) is 9.16. The highest BCUT2D eigenvalue weighted by atomic mass is 35.5. The number of carbonyl (C=O) groups excluding carboxylic acids is 1. The molecule has 1 unspecified atom stereocenters. The number of rotatable bonds is 4. The molecule has 29 heavy (non-hydrogen) atoms. The van der Waals surface area contributed by atoms with E-state index in [9.17, 15) is 4.79 Å². The first-order chi connectivity index (χ1) is 14.2. The molecule has 0 spiro atoms. The standard InChI is InChI=1S/C23H28ClN3O2/c24-21-14-19(26-10-8-17(15-25)9-11-26)6-7-20(21)23(28)27-12-13-29-22(16-27)18-4-2-1-3-5-18/h1-7,14,17,22H,8-13,15-16,25H2. The van der Waals surface area contributed by atoms with E-state index in [1.165, 1.54) is 0 Å². The van der Waals surface area contributed by atoms with E-state index in [0.717, 1.165) is 43.7 Å². The summed E-state index contributed by atoms with van der Waals surface area (Å²) in [6.45, 7) is 4.35. The molecule has 0 aliphatic carbocycles. The summed E-state index contributed by atoms with van der Waals surface area (Å²) in [4.78, 5) is 17.3. The third-order valence-electron chi connectivity index (χ3n) is 6.02. The first-order valence-corrected chi connectivity index (χ1v) is 10.7. The molecule has 0 radical (unpaired) electrons. The second-order valence-corrected chi connectivity index (χ2v) is 8.26. The molecule has 4 rings (SSSR count). The molecule has 154 valence electrons. The van der Waals surface area contributed by atoms with Crippen LogP contribution in [-0.2, 0) is 4.74 Å². The van der Waals surface area contributed by atoms with Crippen molar-refractivity contribution in [3.63, 3.8) is 0 Å². The molecule has 2 aliphatic rings. The van der Waals surface area contributed by atoms with Crippen LogP contribution in [0.2, 0.25) is 5.02 Å². The monoisotopic (exact) mass is 413 g/mol. The van der Waals surface area contributed by atoms with Crippen molar-refractivity contribution in [2.45, 2.75) is 18.9 Å². The zero-order valence-electron chi connectivity index (χ0n) is 16.6. The van der Waals surface area contributed by atoms with Crippen molar-refractivity contribution in [1.82, 2.24) is 4.90 Å². The number of anilines is 1. The van der Waals surface area contributed by atoms with Gasteiger partial charge in [-0.05, 0) is 49.1 Å². The molecular weight excluding hydrogens is 386 g/mol. The fourth-order valence-electron chi connectivity index (χ4n) is 4.17. The zero-order chi connectivity index (χ0) is 20.2. The number of nitrogens with zero attached hydrogens (tertiary/aromatic N) is 2. The van der Waals surface area contributed by atoms with Gasteiger partial charge < -0.3 is 20.3 Å². The SMILES string of the molecule is NCC1CCN(c2ccc(C(=O)N3CCOC(c4ccccc4)C3)c(Cl)c2)CC1. The number of carbonyl (C=O) groups is 1. The minimum atomic E-state index is -0.101. The van der Waals surface area contributed by atoms with Crippen LogP contribution in [0.5, 0.6) is 0 Å². The number of halogens is 1. The number of amides is 1. The van der Waals surface area contributed by atoms with E-state index >= 15 is 0 Å². The molecule has 0 aromatic heterocycles. The van der Waals surface area contributed by atoms with Crippen LogP contribution in [0.25, 0.3) is 0 Å². The topological polar surface area (TPSA) is 58.8 Å². The molecule has 2 N–H and O–H groups in total. The predicted molar refractivity (Wildman–Crippen MR) is 116 cm³/mol. The summed E-state index contributed by atoms with van der Waals surface area (Å²) in [5.41, 5.74) is 8.51. The molecule has 0 bridgehead atoms. The summed E-state index contributed by atoms with van der Waals surface area (Å²) < 4.78 is 5.88. The highest BCUT2D eigenvalue weighted by Gasteiger charge is 2.27. The van der Waals surface area contributed by atoms with Crippen LogP contribution in [0, 0.1) is 5.92 Å². The Morgan fingerprint density at radius 3 is 2.55 bits per heavy atom. The van der Waals surface area contributed by atoms with E-state index in [2.05, 4.69) is 4.90 Å². The van der Waals surface area contributed by atoms with E-state index in [1.807, 2.05) is 53.4 Å². The van der Waals surface area contributed by atoms with E-state index in [1.54, 1.807) is 0 Å². The number of morpholine rings is 1. The van der Waals surface area contributed by atoms with Gasteiger partial charge in [-0.15, -0.1) is 0 Å². The van der Waals surface area contributed by atoms with Crippen molar-refractivity contribution in [1.29, 1.82) is 0 Å². The molecule has 2 aromatic carbocycles. The number of hydrogen-bond acceptors (Lipinski definition) is 4. The Bertz CT molecular complexity index is 837. The molecular formula is C23H28ClN3O2. The average molecular weight is 414 g/mol. The summed E-state index contributed by atoms with van der Waals surface area (Å²) in [6, 6.07) is 15.8. The Hall–Kier alpha value is -2.08. The Kier molecular flexibility index (Phi) is 6.38. The molecule has 2 aromatic rings. The van der Waals surface area contributed by atoms with Crippen LogP contribution >= 0.6 is 11.6 Å². The van der Waals surface area contributed by atoms with Gasteiger partial charge in [0.1, 0.15) is 6.10 Å². The highest BCUT2D eigenvalue weighted by molar-refractivity contribution is 6.34.